The van der Waals surface area contributed by atoms with Crippen LogP contribution in [-0.2, 0) is 4.74 Å². The van der Waals surface area contributed by atoms with E-state index in [0.29, 0.717) is 16.1 Å². The zero-order chi connectivity index (χ0) is 19.2. The summed E-state index contributed by atoms with van der Waals surface area (Å²) in [5.74, 6) is -0.885. The smallest absolute Gasteiger partial charge is 0.338 e. The minimum Gasteiger partial charge on any atom is -0.449 e. The van der Waals surface area contributed by atoms with Crippen LogP contribution in [0.2, 0.25) is 5.02 Å². The molecule has 0 fully saturated rings. The number of halogens is 2. The van der Waals surface area contributed by atoms with Crippen LogP contribution < -0.4 is 0 Å². The maximum Gasteiger partial charge on any atom is 0.338 e. The van der Waals surface area contributed by atoms with Crippen LogP contribution in [-0.4, -0.2) is 17.9 Å². The molecule has 0 unspecified atom stereocenters. The van der Waals surface area contributed by atoms with E-state index in [1.165, 1.54) is 6.07 Å². The van der Waals surface area contributed by atoms with Gasteiger partial charge in [0.05, 0.1) is 10.4 Å². The van der Waals surface area contributed by atoms with Gasteiger partial charge in [-0.15, -0.1) is 0 Å². The van der Waals surface area contributed by atoms with Gasteiger partial charge in [0.1, 0.15) is 0 Å². The molecule has 3 nitrogen and oxygen atoms in total. The highest BCUT2D eigenvalue weighted by Crippen LogP contribution is 2.31. The van der Waals surface area contributed by atoms with E-state index in [1.807, 2.05) is 36.4 Å². The molecule has 0 heterocycles. The van der Waals surface area contributed by atoms with Crippen molar-refractivity contribution in [3.63, 3.8) is 0 Å². The molecule has 0 aliphatic rings. The van der Waals surface area contributed by atoms with Gasteiger partial charge in [0, 0.05) is 10.6 Å². The highest BCUT2D eigenvalue weighted by Gasteiger charge is 2.32. The van der Waals surface area contributed by atoms with Gasteiger partial charge in [-0.3, -0.25) is 4.79 Å². The molecule has 3 aromatic carbocycles. The molecule has 0 aliphatic carbocycles. The summed E-state index contributed by atoms with van der Waals surface area (Å²) in [6, 6.07) is 24.6. The Bertz CT molecular complexity index is 929. The van der Waals surface area contributed by atoms with Crippen LogP contribution in [0.15, 0.2) is 84.9 Å². The first-order valence-electron chi connectivity index (χ1n) is 8.31. The van der Waals surface area contributed by atoms with E-state index in [0.717, 1.165) is 5.56 Å². The number of carbonyl (C=O) groups excluding carboxylic acids is 2. The maximum absolute atomic E-state index is 13.1. The number of ketones is 1. The molecule has 136 valence electrons. The van der Waals surface area contributed by atoms with Gasteiger partial charge in [0.25, 0.3) is 0 Å². The Morgan fingerprint density at radius 3 is 2.04 bits per heavy atom. The zero-order valence-corrected chi connectivity index (χ0v) is 16.6. The summed E-state index contributed by atoms with van der Waals surface area (Å²) >= 11 is 9.50. The van der Waals surface area contributed by atoms with Crippen LogP contribution >= 0.6 is 27.5 Å². The monoisotopic (exact) mass is 442 g/mol. The van der Waals surface area contributed by atoms with E-state index < -0.39 is 16.9 Å². The average molecular weight is 444 g/mol. The van der Waals surface area contributed by atoms with Crippen molar-refractivity contribution < 1.29 is 14.3 Å². The van der Waals surface area contributed by atoms with Gasteiger partial charge in [-0.2, -0.15) is 0 Å². The summed E-state index contributed by atoms with van der Waals surface area (Å²) in [6.45, 7) is 0. The number of carbonyl (C=O) groups is 2. The zero-order valence-electron chi connectivity index (χ0n) is 14.2. The van der Waals surface area contributed by atoms with Crippen molar-refractivity contribution in [2.45, 2.75) is 10.9 Å². The molecular formula is C22H16BrClO3. The summed E-state index contributed by atoms with van der Waals surface area (Å²) in [6.07, 6.45) is -1.03. The number of hydrogen-bond donors (Lipinski definition) is 0. The third kappa shape index (κ3) is 4.85. The van der Waals surface area contributed by atoms with Crippen molar-refractivity contribution in [3.8, 4) is 0 Å². The lowest BCUT2D eigenvalue weighted by atomic mass is 9.99. The first kappa shape index (κ1) is 19.3. The molecule has 0 saturated heterocycles. The van der Waals surface area contributed by atoms with E-state index in [1.54, 1.807) is 42.5 Å². The molecule has 0 bridgehead atoms. The minimum atomic E-state index is -1.03. The Morgan fingerprint density at radius 2 is 1.41 bits per heavy atom. The van der Waals surface area contributed by atoms with Crippen LogP contribution in [0.3, 0.4) is 0 Å². The van der Waals surface area contributed by atoms with Crippen LogP contribution in [0.25, 0.3) is 0 Å². The molecule has 3 aromatic rings. The molecule has 2 atom stereocenters. The Morgan fingerprint density at radius 1 is 0.815 bits per heavy atom. The van der Waals surface area contributed by atoms with Crippen molar-refractivity contribution in [2.24, 2.45) is 0 Å². The highest BCUT2D eigenvalue weighted by atomic mass is 79.9. The van der Waals surface area contributed by atoms with Crippen LogP contribution in [0.4, 0.5) is 0 Å². The van der Waals surface area contributed by atoms with Gasteiger partial charge in [-0.05, 0) is 23.8 Å². The molecule has 0 aromatic heterocycles. The van der Waals surface area contributed by atoms with Gasteiger partial charge < -0.3 is 4.74 Å². The van der Waals surface area contributed by atoms with Gasteiger partial charge in [0.2, 0.25) is 5.78 Å². The normalized spacial score (nSPS) is 12.8. The molecule has 0 saturated carbocycles. The Kier molecular flexibility index (Phi) is 6.43. The summed E-state index contributed by atoms with van der Waals surface area (Å²) in [5, 5.41) is 0.425. The SMILES string of the molecule is O=C(O[C@H](C(=O)c1ccccc1)[C@@H](Br)c1ccccc1)c1cccc(Cl)c1. The number of Topliss-reactive ketones (excluding diaryl/α,β-unsaturated/α-hetero) is 1. The van der Waals surface area contributed by atoms with Crippen LogP contribution in [0.5, 0.6) is 0 Å². The fourth-order valence-corrected chi connectivity index (χ4v) is 3.47. The average Bonchev–Trinajstić information content (AvgIpc) is 2.72. The van der Waals surface area contributed by atoms with E-state index in [-0.39, 0.29) is 5.78 Å². The first-order chi connectivity index (χ1) is 13.1. The first-order valence-corrected chi connectivity index (χ1v) is 9.60. The molecular weight excluding hydrogens is 428 g/mol. The fraction of sp³-hybridized carbons (Fsp3) is 0.0909. The molecule has 0 N–H and O–H groups in total. The lowest BCUT2D eigenvalue weighted by Gasteiger charge is -2.22. The molecule has 27 heavy (non-hydrogen) atoms. The number of alkyl halides is 1. The number of hydrogen-bond acceptors (Lipinski definition) is 3. The Hall–Kier alpha value is -2.43. The van der Waals surface area contributed by atoms with Crippen molar-refractivity contribution >= 4 is 39.3 Å². The van der Waals surface area contributed by atoms with Crippen LogP contribution in [0.1, 0.15) is 31.1 Å². The maximum atomic E-state index is 13.1. The van der Waals surface area contributed by atoms with Crippen molar-refractivity contribution in [1.29, 1.82) is 0 Å². The summed E-state index contributed by atoms with van der Waals surface area (Å²) in [7, 11) is 0. The summed E-state index contributed by atoms with van der Waals surface area (Å²) in [5.41, 5.74) is 1.61. The second kappa shape index (κ2) is 8.98. The third-order valence-corrected chi connectivity index (χ3v) is 5.24. The minimum absolute atomic E-state index is 0.281. The lowest BCUT2D eigenvalue weighted by Crippen LogP contribution is -2.31. The quantitative estimate of drug-likeness (QED) is 0.271. The second-order valence-electron chi connectivity index (χ2n) is 5.88. The third-order valence-electron chi connectivity index (χ3n) is 3.99. The topological polar surface area (TPSA) is 43.4 Å². The summed E-state index contributed by atoms with van der Waals surface area (Å²) in [4.78, 5) is 25.2. The number of ether oxygens (including phenoxy) is 1. The van der Waals surface area contributed by atoms with E-state index >= 15 is 0 Å². The molecule has 0 amide bonds. The van der Waals surface area contributed by atoms with Crippen molar-refractivity contribution in [3.05, 3.63) is 107 Å². The van der Waals surface area contributed by atoms with Gasteiger partial charge in [0.15, 0.2) is 6.10 Å². The van der Waals surface area contributed by atoms with Crippen molar-refractivity contribution in [1.82, 2.24) is 0 Å². The van der Waals surface area contributed by atoms with Gasteiger partial charge >= 0.3 is 5.97 Å². The summed E-state index contributed by atoms with van der Waals surface area (Å²) < 4.78 is 5.63. The second-order valence-corrected chi connectivity index (χ2v) is 7.30. The molecule has 5 heteroatoms. The predicted octanol–water partition coefficient (Wildman–Crippen LogP) is 5.88. The number of rotatable bonds is 6. The van der Waals surface area contributed by atoms with E-state index in [9.17, 15) is 9.59 Å². The predicted molar refractivity (Wildman–Crippen MR) is 110 cm³/mol. The number of esters is 1. The molecule has 0 spiro atoms. The van der Waals surface area contributed by atoms with Gasteiger partial charge in [-0.1, -0.05) is 94.3 Å². The standard InChI is InChI=1S/C22H16BrClO3/c23-19(15-8-3-1-4-9-15)21(20(25)16-10-5-2-6-11-16)27-22(26)17-12-7-13-18(24)14-17/h1-14,19,21H/t19-,21-/m0/s1. The van der Waals surface area contributed by atoms with E-state index in [2.05, 4.69) is 15.9 Å². The van der Waals surface area contributed by atoms with Gasteiger partial charge in [-0.25, -0.2) is 4.79 Å². The Balaban J connectivity index is 1.92. The Labute approximate surface area is 171 Å². The highest BCUT2D eigenvalue weighted by molar-refractivity contribution is 9.09. The lowest BCUT2D eigenvalue weighted by molar-refractivity contribution is 0.0282. The van der Waals surface area contributed by atoms with Crippen LogP contribution in [0, 0.1) is 0 Å². The molecule has 0 radical (unpaired) electrons. The largest absolute Gasteiger partial charge is 0.449 e. The van der Waals surface area contributed by atoms with Crippen molar-refractivity contribution in [2.75, 3.05) is 0 Å². The fourth-order valence-electron chi connectivity index (χ4n) is 2.62. The van der Waals surface area contributed by atoms with E-state index in [4.69, 9.17) is 16.3 Å². The molecule has 3 rings (SSSR count). The number of benzene rings is 3. The molecule has 0 aliphatic heterocycles.